The van der Waals surface area contributed by atoms with Crippen molar-refractivity contribution in [3.05, 3.63) is 28.5 Å². The van der Waals surface area contributed by atoms with E-state index in [0.717, 1.165) is 0 Å². The number of likely N-dealkylation sites (tertiary alicyclic amines) is 1. The van der Waals surface area contributed by atoms with E-state index in [-0.39, 0.29) is 30.3 Å². The van der Waals surface area contributed by atoms with Crippen LogP contribution in [0.15, 0.2) is 18.5 Å². The number of ether oxygens (including phenoxy) is 2. The Bertz CT molecular complexity index is 838. The number of hydrogen-bond acceptors (Lipinski definition) is 6. The number of fused-ring (bicyclic) bond motifs is 1. The van der Waals surface area contributed by atoms with Crippen molar-refractivity contribution in [1.29, 1.82) is 0 Å². The highest BCUT2D eigenvalue weighted by Crippen LogP contribution is 2.30. The lowest BCUT2D eigenvalue weighted by Crippen LogP contribution is -2.42. The summed E-state index contributed by atoms with van der Waals surface area (Å²) in [4.78, 5) is 33.8. The average molecular weight is 398 g/mol. The second-order valence-corrected chi connectivity index (χ2v) is 6.77. The first kappa shape index (κ1) is 18.7. The van der Waals surface area contributed by atoms with Crippen LogP contribution in [-0.2, 0) is 14.3 Å². The number of hydrogen-bond donors (Lipinski definition) is 0. The summed E-state index contributed by atoms with van der Waals surface area (Å²) < 4.78 is 10.3. The second kappa shape index (κ2) is 8.05. The van der Waals surface area contributed by atoms with E-state index >= 15 is 0 Å². The van der Waals surface area contributed by atoms with Gasteiger partial charge in [-0.2, -0.15) is 0 Å². The van der Waals surface area contributed by atoms with Crippen molar-refractivity contribution in [2.75, 3.05) is 26.8 Å². The molecule has 1 aromatic carbocycles. The molecule has 7 nitrogen and oxygen atoms in total. The second-order valence-electron chi connectivity index (χ2n) is 5.93. The highest BCUT2D eigenvalue weighted by Gasteiger charge is 2.28. The molecule has 1 amide bonds. The van der Waals surface area contributed by atoms with Gasteiger partial charge in [0.2, 0.25) is 5.88 Å². The number of nitrogens with zero attached hydrogens (tertiary/aromatic N) is 3. The molecule has 1 fully saturated rings. The zero-order valence-electron chi connectivity index (χ0n) is 14.1. The minimum atomic E-state index is -0.227. The Hall–Kier alpha value is -2.12. The van der Waals surface area contributed by atoms with Crippen molar-refractivity contribution in [2.45, 2.75) is 12.8 Å². The van der Waals surface area contributed by atoms with Crippen LogP contribution in [-0.4, -0.2) is 53.6 Å². The predicted octanol–water partition coefficient (Wildman–Crippen LogP) is 2.73. The summed E-state index contributed by atoms with van der Waals surface area (Å²) in [5.41, 5.74) is 0.507. The maximum Gasteiger partial charge on any atom is 0.308 e. The van der Waals surface area contributed by atoms with Crippen LogP contribution in [0.5, 0.6) is 5.88 Å². The molecule has 0 N–H and O–H groups in total. The highest BCUT2D eigenvalue weighted by molar-refractivity contribution is 6.38. The molecule has 138 valence electrons. The van der Waals surface area contributed by atoms with Gasteiger partial charge < -0.3 is 14.4 Å². The fourth-order valence-electron chi connectivity index (χ4n) is 2.94. The van der Waals surface area contributed by atoms with Gasteiger partial charge in [0.25, 0.3) is 5.91 Å². The lowest BCUT2D eigenvalue weighted by atomic mass is 9.97. The van der Waals surface area contributed by atoms with Gasteiger partial charge in [-0.1, -0.05) is 23.2 Å². The van der Waals surface area contributed by atoms with E-state index < -0.39 is 0 Å². The van der Waals surface area contributed by atoms with Crippen LogP contribution in [0.4, 0.5) is 0 Å². The van der Waals surface area contributed by atoms with E-state index in [1.807, 2.05) is 0 Å². The van der Waals surface area contributed by atoms with Gasteiger partial charge in [0, 0.05) is 18.1 Å². The summed E-state index contributed by atoms with van der Waals surface area (Å²) in [6, 6.07) is 3.23. The molecule has 0 unspecified atom stereocenters. The largest absolute Gasteiger partial charge is 0.469 e. The molecule has 2 aromatic rings. The highest BCUT2D eigenvalue weighted by atomic mass is 35.5. The van der Waals surface area contributed by atoms with Crippen LogP contribution < -0.4 is 4.74 Å². The predicted molar refractivity (Wildman–Crippen MR) is 96.4 cm³/mol. The van der Waals surface area contributed by atoms with Crippen molar-refractivity contribution in [2.24, 2.45) is 5.92 Å². The van der Waals surface area contributed by atoms with Crippen LogP contribution in [0.1, 0.15) is 12.8 Å². The number of methoxy groups -OCH3 is 1. The van der Waals surface area contributed by atoms with Gasteiger partial charge in [-0.15, -0.1) is 0 Å². The van der Waals surface area contributed by atoms with Gasteiger partial charge in [0.05, 0.1) is 29.0 Å². The number of halogens is 2. The number of aromatic nitrogens is 2. The van der Waals surface area contributed by atoms with E-state index in [1.54, 1.807) is 17.0 Å². The van der Waals surface area contributed by atoms with Crippen LogP contribution in [0.25, 0.3) is 10.9 Å². The summed E-state index contributed by atoms with van der Waals surface area (Å²) in [6.07, 6.45) is 2.49. The molecular formula is C17H17Cl2N3O4. The molecule has 2 heterocycles. The minimum Gasteiger partial charge on any atom is -0.469 e. The standard InChI is InChI=1S/C17H17Cl2N3O4/c1-25-17(24)10-2-4-22(5-3-10)14(23)8-26-16-12-6-11(18)7-13(19)15(12)20-9-21-16/h6-7,9-10H,2-5,8H2,1H3. The normalized spacial score (nSPS) is 15.1. The third-order valence-electron chi connectivity index (χ3n) is 4.33. The number of carbonyl (C=O) groups excluding carboxylic acids is 2. The molecule has 0 bridgehead atoms. The number of piperidine rings is 1. The first-order valence-corrected chi connectivity index (χ1v) is 8.83. The summed E-state index contributed by atoms with van der Waals surface area (Å²) in [5.74, 6) is -0.306. The third kappa shape index (κ3) is 3.99. The first-order valence-electron chi connectivity index (χ1n) is 8.07. The lowest BCUT2D eigenvalue weighted by Gasteiger charge is -2.30. The molecule has 3 rings (SSSR count). The topological polar surface area (TPSA) is 81.6 Å². The van der Waals surface area contributed by atoms with E-state index in [2.05, 4.69) is 9.97 Å². The van der Waals surface area contributed by atoms with Crippen LogP contribution in [0, 0.1) is 5.92 Å². The van der Waals surface area contributed by atoms with E-state index in [1.165, 1.54) is 13.4 Å². The van der Waals surface area contributed by atoms with Gasteiger partial charge >= 0.3 is 5.97 Å². The van der Waals surface area contributed by atoms with Crippen LogP contribution in [0.2, 0.25) is 10.0 Å². The Morgan fingerprint density at radius 2 is 1.96 bits per heavy atom. The number of esters is 1. The number of carbonyl (C=O) groups is 2. The summed E-state index contributed by atoms with van der Waals surface area (Å²) in [7, 11) is 1.37. The molecule has 0 saturated carbocycles. The molecule has 9 heteroatoms. The fourth-order valence-corrected chi connectivity index (χ4v) is 3.48. The Morgan fingerprint density at radius 3 is 2.65 bits per heavy atom. The number of benzene rings is 1. The zero-order chi connectivity index (χ0) is 18.7. The molecule has 0 radical (unpaired) electrons. The van der Waals surface area contributed by atoms with Crippen molar-refractivity contribution in [1.82, 2.24) is 14.9 Å². The summed E-state index contributed by atoms with van der Waals surface area (Å²) in [5, 5.41) is 1.36. The average Bonchev–Trinajstić information content (AvgIpc) is 2.65. The Balaban J connectivity index is 1.64. The Labute approximate surface area is 160 Å². The van der Waals surface area contributed by atoms with Gasteiger partial charge in [0.15, 0.2) is 6.61 Å². The minimum absolute atomic E-state index is 0.153. The maximum atomic E-state index is 12.4. The van der Waals surface area contributed by atoms with Gasteiger partial charge in [-0.3, -0.25) is 9.59 Å². The quantitative estimate of drug-likeness (QED) is 0.737. The smallest absolute Gasteiger partial charge is 0.308 e. The molecule has 1 aliphatic rings. The van der Waals surface area contributed by atoms with Crippen molar-refractivity contribution in [3.63, 3.8) is 0 Å². The molecular weight excluding hydrogens is 381 g/mol. The molecule has 1 aliphatic heterocycles. The third-order valence-corrected chi connectivity index (χ3v) is 4.84. The van der Waals surface area contributed by atoms with E-state index in [0.29, 0.717) is 46.9 Å². The Morgan fingerprint density at radius 1 is 1.23 bits per heavy atom. The molecule has 0 aliphatic carbocycles. The van der Waals surface area contributed by atoms with Gasteiger partial charge in [-0.25, -0.2) is 9.97 Å². The van der Waals surface area contributed by atoms with Gasteiger partial charge in [0.1, 0.15) is 6.33 Å². The molecule has 26 heavy (non-hydrogen) atoms. The summed E-state index contributed by atoms with van der Waals surface area (Å²) >= 11 is 12.1. The molecule has 1 aromatic heterocycles. The molecule has 0 spiro atoms. The van der Waals surface area contributed by atoms with Crippen LogP contribution in [0.3, 0.4) is 0 Å². The summed E-state index contributed by atoms with van der Waals surface area (Å²) in [6.45, 7) is 0.813. The van der Waals surface area contributed by atoms with Crippen molar-refractivity contribution in [3.8, 4) is 5.88 Å². The zero-order valence-corrected chi connectivity index (χ0v) is 15.6. The SMILES string of the molecule is COC(=O)C1CCN(C(=O)COc2ncnc3c(Cl)cc(Cl)cc23)CC1. The maximum absolute atomic E-state index is 12.4. The monoisotopic (exact) mass is 397 g/mol. The molecule has 1 saturated heterocycles. The van der Waals surface area contributed by atoms with Crippen LogP contribution >= 0.6 is 23.2 Å². The van der Waals surface area contributed by atoms with E-state index in [4.69, 9.17) is 32.7 Å². The van der Waals surface area contributed by atoms with E-state index in [9.17, 15) is 9.59 Å². The fraction of sp³-hybridized carbons (Fsp3) is 0.412. The number of rotatable bonds is 4. The molecule has 0 atom stereocenters. The Kier molecular flexibility index (Phi) is 5.78. The lowest BCUT2D eigenvalue weighted by molar-refractivity contribution is -0.149. The van der Waals surface area contributed by atoms with Crippen molar-refractivity contribution < 1.29 is 19.1 Å². The van der Waals surface area contributed by atoms with Crippen molar-refractivity contribution >= 4 is 46.0 Å². The first-order chi connectivity index (χ1) is 12.5. The van der Waals surface area contributed by atoms with Gasteiger partial charge in [-0.05, 0) is 25.0 Å². The number of amides is 1.